The summed E-state index contributed by atoms with van der Waals surface area (Å²) in [5.74, 6) is -1.10. The highest BCUT2D eigenvalue weighted by Gasteiger charge is 2.14. The van der Waals surface area contributed by atoms with Crippen LogP contribution in [0.5, 0.6) is 0 Å². The Morgan fingerprint density at radius 2 is 1.53 bits per heavy atom. The Hall–Kier alpha value is -2.34. The third kappa shape index (κ3) is 3.11. The lowest BCUT2D eigenvalue weighted by Crippen LogP contribution is -2.13. The van der Waals surface area contributed by atoms with E-state index in [2.05, 4.69) is 4.72 Å². The van der Waals surface area contributed by atoms with E-state index in [0.717, 1.165) is 0 Å². The Labute approximate surface area is 110 Å². The first-order valence-corrected chi connectivity index (χ1v) is 6.88. The maximum atomic E-state index is 12.0. The molecule has 2 rings (SSSR count). The monoisotopic (exact) mass is 277 g/mol. The number of carboxylic acid groups (broad SMARTS) is 1. The van der Waals surface area contributed by atoms with Crippen molar-refractivity contribution in [3.8, 4) is 0 Å². The van der Waals surface area contributed by atoms with E-state index >= 15 is 0 Å². The molecular formula is C13H11NO4S. The molecule has 0 unspecified atom stereocenters. The first-order valence-electron chi connectivity index (χ1n) is 5.40. The smallest absolute Gasteiger partial charge is 0.335 e. The van der Waals surface area contributed by atoms with Crippen LogP contribution in [0.25, 0.3) is 0 Å². The predicted molar refractivity (Wildman–Crippen MR) is 70.7 cm³/mol. The van der Waals surface area contributed by atoms with Gasteiger partial charge in [-0.3, -0.25) is 4.72 Å². The van der Waals surface area contributed by atoms with Gasteiger partial charge in [0.2, 0.25) is 0 Å². The van der Waals surface area contributed by atoms with Gasteiger partial charge < -0.3 is 5.11 Å². The predicted octanol–water partition coefficient (Wildman–Crippen LogP) is 2.19. The van der Waals surface area contributed by atoms with Crippen LogP contribution >= 0.6 is 0 Å². The Kier molecular flexibility index (Phi) is 3.52. The molecule has 2 aromatic carbocycles. The molecule has 0 bridgehead atoms. The standard InChI is InChI=1S/C13H11NO4S/c15-13(16)10-6-8-12(9-7-10)19(17,18)14-11-4-2-1-3-5-11/h1-9,14H,(H,15,16). The fourth-order valence-electron chi connectivity index (χ4n) is 1.50. The van der Waals surface area contributed by atoms with Crippen LogP contribution in [-0.4, -0.2) is 19.5 Å². The second-order valence-electron chi connectivity index (χ2n) is 3.80. The van der Waals surface area contributed by atoms with E-state index in [9.17, 15) is 13.2 Å². The number of carbonyl (C=O) groups is 1. The highest BCUT2D eigenvalue weighted by molar-refractivity contribution is 7.92. The largest absolute Gasteiger partial charge is 0.478 e. The number of carboxylic acids is 1. The van der Waals surface area contributed by atoms with Gasteiger partial charge in [-0.1, -0.05) is 18.2 Å². The van der Waals surface area contributed by atoms with Gasteiger partial charge in [-0.2, -0.15) is 0 Å². The maximum absolute atomic E-state index is 12.0. The van der Waals surface area contributed by atoms with E-state index in [-0.39, 0.29) is 10.5 Å². The zero-order valence-electron chi connectivity index (χ0n) is 9.78. The van der Waals surface area contributed by atoms with Crippen LogP contribution in [-0.2, 0) is 10.0 Å². The Balaban J connectivity index is 2.27. The molecule has 0 saturated carbocycles. The van der Waals surface area contributed by atoms with E-state index in [4.69, 9.17) is 5.11 Å². The van der Waals surface area contributed by atoms with Crippen molar-refractivity contribution in [2.45, 2.75) is 4.90 Å². The maximum Gasteiger partial charge on any atom is 0.335 e. The minimum Gasteiger partial charge on any atom is -0.478 e. The van der Waals surface area contributed by atoms with Gasteiger partial charge in [-0.25, -0.2) is 13.2 Å². The molecule has 0 saturated heterocycles. The molecule has 2 aromatic rings. The minimum atomic E-state index is -3.70. The van der Waals surface area contributed by atoms with Crippen molar-refractivity contribution in [1.29, 1.82) is 0 Å². The molecule has 5 nitrogen and oxygen atoms in total. The molecule has 0 aliphatic carbocycles. The fraction of sp³-hybridized carbons (Fsp3) is 0. The van der Waals surface area contributed by atoms with Crippen LogP contribution < -0.4 is 4.72 Å². The third-order valence-corrected chi connectivity index (χ3v) is 3.83. The van der Waals surface area contributed by atoms with Crippen LogP contribution in [0.2, 0.25) is 0 Å². The number of hydrogen-bond acceptors (Lipinski definition) is 3. The van der Waals surface area contributed by atoms with Crippen molar-refractivity contribution in [2.24, 2.45) is 0 Å². The molecule has 0 fully saturated rings. The number of benzene rings is 2. The van der Waals surface area contributed by atoms with Gasteiger partial charge in [0.25, 0.3) is 10.0 Å². The summed E-state index contributed by atoms with van der Waals surface area (Å²) in [6.07, 6.45) is 0. The number of para-hydroxylation sites is 1. The molecule has 0 spiro atoms. The molecule has 0 radical (unpaired) electrons. The highest BCUT2D eigenvalue weighted by atomic mass is 32.2. The van der Waals surface area contributed by atoms with E-state index in [1.165, 1.54) is 24.3 Å². The van der Waals surface area contributed by atoms with Crippen LogP contribution in [0.3, 0.4) is 0 Å². The molecule has 2 N–H and O–H groups in total. The van der Waals surface area contributed by atoms with Gasteiger partial charge in [0, 0.05) is 5.69 Å². The number of sulfonamides is 1. The Bertz CT molecular complexity index is 678. The summed E-state index contributed by atoms with van der Waals surface area (Å²) in [6.45, 7) is 0. The molecule has 0 amide bonds. The van der Waals surface area contributed by atoms with E-state index < -0.39 is 16.0 Å². The summed E-state index contributed by atoms with van der Waals surface area (Å²) < 4.78 is 26.5. The molecule has 0 atom stereocenters. The summed E-state index contributed by atoms with van der Waals surface area (Å²) in [7, 11) is -3.70. The lowest BCUT2D eigenvalue weighted by Gasteiger charge is -2.07. The zero-order valence-corrected chi connectivity index (χ0v) is 10.6. The van der Waals surface area contributed by atoms with Crippen molar-refractivity contribution in [3.05, 3.63) is 60.2 Å². The van der Waals surface area contributed by atoms with Crippen molar-refractivity contribution in [2.75, 3.05) is 4.72 Å². The van der Waals surface area contributed by atoms with Gasteiger partial charge in [-0.05, 0) is 36.4 Å². The molecule has 19 heavy (non-hydrogen) atoms. The average molecular weight is 277 g/mol. The van der Waals surface area contributed by atoms with Crippen molar-refractivity contribution < 1.29 is 18.3 Å². The molecule has 98 valence electrons. The van der Waals surface area contributed by atoms with Crippen molar-refractivity contribution in [1.82, 2.24) is 0 Å². The van der Waals surface area contributed by atoms with Gasteiger partial charge in [0.05, 0.1) is 10.5 Å². The molecule has 0 aliphatic heterocycles. The third-order valence-electron chi connectivity index (χ3n) is 2.44. The lowest BCUT2D eigenvalue weighted by atomic mass is 10.2. The van der Waals surface area contributed by atoms with Gasteiger partial charge >= 0.3 is 5.97 Å². The zero-order chi connectivity index (χ0) is 13.9. The van der Waals surface area contributed by atoms with Crippen LogP contribution in [0, 0.1) is 0 Å². The topological polar surface area (TPSA) is 83.5 Å². The summed E-state index contributed by atoms with van der Waals surface area (Å²) >= 11 is 0. The highest BCUT2D eigenvalue weighted by Crippen LogP contribution is 2.16. The number of hydrogen-bond donors (Lipinski definition) is 2. The number of anilines is 1. The summed E-state index contributed by atoms with van der Waals surface area (Å²) in [5.41, 5.74) is 0.489. The molecule has 6 heteroatoms. The molecule has 0 aliphatic rings. The Morgan fingerprint density at radius 3 is 2.05 bits per heavy atom. The number of nitrogens with one attached hydrogen (secondary N) is 1. The van der Waals surface area contributed by atoms with E-state index in [1.807, 2.05) is 0 Å². The molecule has 0 aromatic heterocycles. The van der Waals surface area contributed by atoms with Gasteiger partial charge in [0.1, 0.15) is 0 Å². The Morgan fingerprint density at radius 1 is 0.947 bits per heavy atom. The normalized spacial score (nSPS) is 10.9. The summed E-state index contributed by atoms with van der Waals surface area (Å²) in [5, 5.41) is 8.75. The van der Waals surface area contributed by atoms with Gasteiger partial charge in [0.15, 0.2) is 0 Å². The molecule has 0 heterocycles. The van der Waals surface area contributed by atoms with Crippen molar-refractivity contribution >= 4 is 21.7 Å². The second-order valence-corrected chi connectivity index (χ2v) is 5.48. The van der Waals surface area contributed by atoms with Crippen LogP contribution in [0.4, 0.5) is 5.69 Å². The van der Waals surface area contributed by atoms with Crippen molar-refractivity contribution in [3.63, 3.8) is 0 Å². The lowest BCUT2D eigenvalue weighted by molar-refractivity contribution is 0.0697. The summed E-state index contributed by atoms with van der Waals surface area (Å²) in [6, 6.07) is 13.5. The first kappa shape index (κ1) is 13.1. The van der Waals surface area contributed by atoms with Crippen LogP contribution in [0.15, 0.2) is 59.5 Å². The van der Waals surface area contributed by atoms with E-state index in [0.29, 0.717) is 5.69 Å². The average Bonchev–Trinajstić information content (AvgIpc) is 2.39. The number of rotatable bonds is 4. The molecular weight excluding hydrogens is 266 g/mol. The second kappa shape index (κ2) is 5.11. The summed E-state index contributed by atoms with van der Waals surface area (Å²) in [4.78, 5) is 10.7. The van der Waals surface area contributed by atoms with Gasteiger partial charge in [-0.15, -0.1) is 0 Å². The first-order chi connectivity index (χ1) is 8.99. The quantitative estimate of drug-likeness (QED) is 0.897. The SMILES string of the molecule is O=C(O)c1ccc(S(=O)(=O)Nc2ccccc2)cc1. The van der Waals surface area contributed by atoms with E-state index in [1.54, 1.807) is 30.3 Å². The fourth-order valence-corrected chi connectivity index (χ4v) is 2.56. The minimum absolute atomic E-state index is 0.0151. The number of aromatic carboxylic acids is 1. The van der Waals surface area contributed by atoms with Crippen LogP contribution in [0.1, 0.15) is 10.4 Å².